The number of thioether (sulfide) groups is 1. The summed E-state index contributed by atoms with van der Waals surface area (Å²) in [6.45, 7) is 3.48. The summed E-state index contributed by atoms with van der Waals surface area (Å²) in [5, 5.41) is 0.664. The van der Waals surface area contributed by atoms with Crippen molar-refractivity contribution in [1.82, 2.24) is 9.55 Å². The van der Waals surface area contributed by atoms with Gasteiger partial charge in [0.2, 0.25) is 0 Å². The largest absolute Gasteiger partial charge is 0.456 e. The summed E-state index contributed by atoms with van der Waals surface area (Å²) in [5.41, 5.74) is -0.236. The van der Waals surface area contributed by atoms with Crippen molar-refractivity contribution in [2.75, 3.05) is 6.61 Å². The summed E-state index contributed by atoms with van der Waals surface area (Å²) in [7, 11) is 0. The Morgan fingerprint density at radius 1 is 0.973 bits per heavy atom. The second-order valence-corrected chi connectivity index (χ2v) is 10.1. The van der Waals surface area contributed by atoms with E-state index in [4.69, 9.17) is 23.9 Å². The summed E-state index contributed by atoms with van der Waals surface area (Å²) in [5.74, 6) is -1.92. The van der Waals surface area contributed by atoms with Crippen molar-refractivity contribution < 1.29 is 33.3 Å². The summed E-state index contributed by atoms with van der Waals surface area (Å²) in [4.78, 5) is 53.9. The monoisotopic (exact) mass is 590 g/mol. The molecule has 0 amide bonds. The minimum atomic E-state index is -1.16. The van der Waals surface area contributed by atoms with Gasteiger partial charge in [-0.3, -0.25) is 23.7 Å². The van der Waals surface area contributed by atoms with Crippen LogP contribution >= 0.6 is 27.7 Å². The Bertz CT molecular complexity index is 1400. The molecule has 1 aromatic heterocycles. The fourth-order valence-electron chi connectivity index (χ4n) is 3.94. The average molecular weight is 591 g/mol. The molecule has 1 aliphatic rings. The van der Waals surface area contributed by atoms with Gasteiger partial charge in [0.05, 0.1) is 23.2 Å². The second-order valence-electron chi connectivity index (χ2n) is 8.15. The van der Waals surface area contributed by atoms with Gasteiger partial charge in [0, 0.05) is 25.2 Å². The van der Waals surface area contributed by atoms with Crippen LogP contribution < -0.4 is 5.56 Å². The number of rotatable bonds is 6. The van der Waals surface area contributed by atoms with E-state index in [-0.39, 0.29) is 17.3 Å². The van der Waals surface area contributed by atoms with Crippen LogP contribution in [-0.4, -0.2) is 57.8 Å². The summed E-state index contributed by atoms with van der Waals surface area (Å²) < 4.78 is 24.3. The molecule has 2 aromatic carbocycles. The maximum atomic E-state index is 13.6. The quantitative estimate of drug-likeness (QED) is 0.240. The maximum absolute atomic E-state index is 13.6. The maximum Gasteiger partial charge on any atom is 0.303 e. The van der Waals surface area contributed by atoms with Crippen molar-refractivity contribution >= 4 is 56.5 Å². The number of halogens is 1. The van der Waals surface area contributed by atoms with Crippen LogP contribution in [0.25, 0.3) is 16.6 Å². The van der Waals surface area contributed by atoms with Crippen molar-refractivity contribution in [1.29, 1.82) is 0 Å². The fourth-order valence-corrected chi connectivity index (χ4v) is 5.44. The Morgan fingerprint density at radius 3 is 2.27 bits per heavy atom. The number of aromatic nitrogens is 2. The van der Waals surface area contributed by atoms with E-state index in [0.29, 0.717) is 16.6 Å². The van der Waals surface area contributed by atoms with E-state index in [1.54, 1.807) is 42.5 Å². The highest BCUT2D eigenvalue weighted by atomic mass is 79.9. The Hall–Kier alpha value is -3.22. The van der Waals surface area contributed by atoms with Crippen LogP contribution in [0, 0.1) is 0 Å². The zero-order chi connectivity index (χ0) is 26.7. The summed E-state index contributed by atoms with van der Waals surface area (Å²) >= 11 is 4.43. The molecule has 2 heterocycles. The van der Waals surface area contributed by atoms with Crippen molar-refractivity contribution in [3.8, 4) is 5.69 Å². The number of fused-ring (bicyclic) bond motifs is 1. The van der Waals surface area contributed by atoms with Crippen LogP contribution in [0.5, 0.6) is 0 Å². The lowest BCUT2D eigenvalue weighted by molar-refractivity contribution is -0.213. The number of nitrogens with zero attached hydrogens (tertiary/aromatic N) is 2. The third-order valence-corrected chi connectivity index (χ3v) is 6.95. The van der Waals surface area contributed by atoms with E-state index in [0.717, 1.165) is 16.2 Å². The first kappa shape index (κ1) is 26.8. The standard InChI is InChI=1S/C25H23BrN2O8S/c1-13(29)34-20-12-33-24(22(36-15(3)31)21(20)35-14(2)30)37-25-27-19-10-9-16(26)11-18(19)23(32)28(25)17-7-5-4-6-8-17/h4-11,20-22,24H,12H2,1-3H3/t20-,21+,22-,24+/m1/s1. The van der Waals surface area contributed by atoms with Crippen molar-refractivity contribution in [2.45, 2.75) is 49.7 Å². The van der Waals surface area contributed by atoms with Gasteiger partial charge in [0.25, 0.3) is 5.56 Å². The lowest BCUT2D eigenvalue weighted by Crippen LogP contribution is -2.56. The van der Waals surface area contributed by atoms with E-state index in [1.165, 1.54) is 25.3 Å². The minimum Gasteiger partial charge on any atom is -0.456 e. The van der Waals surface area contributed by atoms with Crippen LogP contribution in [-0.2, 0) is 33.3 Å². The highest BCUT2D eigenvalue weighted by molar-refractivity contribution is 9.10. The molecule has 12 heteroatoms. The molecule has 0 bridgehead atoms. The molecule has 0 aliphatic carbocycles. The van der Waals surface area contributed by atoms with E-state index < -0.39 is 41.7 Å². The fraction of sp³-hybridized carbons (Fsp3) is 0.320. The number of esters is 3. The highest BCUT2D eigenvalue weighted by Gasteiger charge is 2.47. The highest BCUT2D eigenvalue weighted by Crippen LogP contribution is 2.35. The Kier molecular flexibility index (Phi) is 8.30. The molecule has 1 aliphatic heterocycles. The van der Waals surface area contributed by atoms with E-state index in [1.807, 2.05) is 6.07 Å². The third-order valence-electron chi connectivity index (χ3n) is 5.34. The predicted molar refractivity (Wildman–Crippen MR) is 137 cm³/mol. The molecule has 0 unspecified atom stereocenters. The molecule has 194 valence electrons. The van der Waals surface area contributed by atoms with Gasteiger partial charge in [-0.1, -0.05) is 45.9 Å². The van der Waals surface area contributed by atoms with Crippen LogP contribution in [0.4, 0.5) is 0 Å². The molecule has 0 N–H and O–H groups in total. The first-order chi connectivity index (χ1) is 17.6. The number of hydrogen-bond acceptors (Lipinski definition) is 10. The lowest BCUT2D eigenvalue weighted by Gasteiger charge is -2.40. The Labute approximate surface area is 224 Å². The van der Waals surface area contributed by atoms with Gasteiger partial charge in [-0.25, -0.2) is 4.98 Å². The van der Waals surface area contributed by atoms with Gasteiger partial charge in [-0.2, -0.15) is 0 Å². The number of ether oxygens (including phenoxy) is 4. The predicted octanol–water partition coefficient (Wildman–Crippen LogP) is 3.39. The van der Waals surface area contributed by atoms with Crippen molar-refractivity contribution in [2.24, 2.45) is 0 Å². The normalized spacial score (nSPS) is 21.3. The topological polar surface area (TPSA) is 123 Å². The van der Waals surface area contributed by atoms with Crippen LogP contribution in [0.15, 0.2) is 63.0 Å². The molecule has 37 heavy (non-hydrogen) atoms. The number of benzene rings is 2. The zero-order valence-corrected chi connectivity index (χ0v) is 22.5. The van der Waals surface area contributed by atoms with E-state index in [9.17, 15) is 19.2 Å². The molecular formula is C25H23BrN2O8S. The van der Waals surface area contributed by atoms with Crippen molar-refractivity contribution in [3.63, 3.8) is 0 Å². The molecule has 0 saturated carbocycles. The second kappa shape index (κ2) is 11.4. The third kappa shape index (κ3) is 6.20. The van der Waals surface area contributed by atoms with Crippen LogP contribution in [0.3, 0.4) is 0 Å². The number of para-hydroxylation sites is 1. The molecular weight excluding hydrogens is 568 g/mol. The van der Waals surface area contributed by atoms with Gasteiger partial charge in [0.1, 0.15) is 0 Å². The first-order valence-electron chi connectivity index (χ1n) is 11.2. The zero-order valence-electron chi connectivity index (χ0n) is 20.1. The number of carbonyl (C=O) groups is 3. The number of hydrogen-bond donors (Lipinski definition) is 0. The van der Waals surface area contributed by atoms with E-state index >= 15 is 0 Å². The summed E-state index contributed by atoms with van der Waals surface area (Å²) in [6.07, 6.45) is -3.29. The van der Waals surface area contributed by atoms with Crippen LogP contribution in [0.2, 0.25) is 0 Å². The molecule has 1 fully saturated rings. The minimum absolute atomic E-state index is 0.136. The average Bonchev–Trinajstić information content (AvgIpc) is 2.83. The van der Waals surface area contributed by atoms with Gasteiger partial charge < -0.3 is 18.9 Å². The van der Waals surface area contributed by atoms with E-state index in [2.05, 4.69) is 15.9 Å². The Balaban J connectivity index is 1.81. The first-order valence-corrected chi connectivity index (χ1v) is 12.9. The van der Waals surface area contributed by atoms with Crippen LogP contribution in [0.1, 0.15) is 20.8 Å². The molecule has 3 aromatic rings. The summed E-state index contributed by atoms with van der Waals surface area (Å²) in [6, 6.07) is 14.1. The Morgan fingerprint density at radius 2 is 1.62 bits per heavy atom. The smallest absolute Gasteiger partial charge is 0.303 e. The molecule has 1 saturated heterocycles. The lowest BCUT2D eigenvalue weighted by atomic mass is 10.1. The molecule has 10 nitrogen and oxygen atoms in total. The van der Waals surface area contributed by atoms with Gasteiger partial charge in [0.15, 0.2) is 28.9 Å². The molecule has 4 rings (SSSR count). The SMILES string of the molecule is CC(=O)O[C@@H]1[C@@H](OC(C)=O)[C@H](Sc2nc3ccc(Br)cc3c(=O)n2-c2ccccc2)OC[C@H]1OC(C)=O. The molecule has 0 spiro atoms. The van der Waals surface area contributed by atoms with Gasteiger partial charge in [-0.15, -0.1) is 0 Å². The molecule has 0 radical (unpaired) electrons. The molecule has 4 atom stereocenters. The van der Waals surface area contributed by atoms with Gasteiger partial charge in [-0.05, 0) is 30.3 Å². The van der Waals surface area contributed by atoms with Crippen molar-refractivity contribution in [3.05, 3.63) is 63.4 Å². The number of carbonyl (C=O) groups excluding carboxylic acids is 3. The van der Waals surface area contributed by atoms with Gasteiger partial charge >= 0.3 is 17.9 Å².